The first-order chi connectivity index (χ1) is 5.46. The summed E-state index contributed by atoms with van der Waals surface area (Å²) in [7, 11) is 0. The zero-order valence-electron chi connectivity index (χ0n) is 8.67. The lowest BCUT2D eigenvalue weighted by molar-refractivity contribution is -0.0396. The number of likely N-dealkylation sites (tertiary alicyclic amines) is 1. The van der Waals surface area contributed by atoms with E-state index in [9.17, 15) is 0 Å². The third kappa shape index (κ3) is 1.99. The Hall–Kier alpha value is -0.0800. The number of hydrogen-bond donors (Lipinski definition) is 1. The van der Waals surface area contributed by atoms with Gasteiger partial charge in [-0.1, -0.05) is 27.7 Å². The van der Waals surface area contributed by atoms with E-state index < -0.39 is 0 Å². The molecule has 1 fully saturated rings. The van der Waals surface area contributed by atoms with E-state index in [-0.39, 0.29) is 0 Å². The summed E-state index contributed by atoms with van der Waals surface area (Å²) in [5, 5.41) is 9.16. The van der Waals surface area contributed by atoms with Gasteiger partial charge in [0.05, 0.1) is 6.61 Å². The van der Waals surface area contributed by atoms with Crippen LogP contribution in [0.25, 0.3) is 0 Å². The highest BCUT2D eigenvalue weighted by Gasteiger charge is 2.38. The van der Waals surface area contributed by atoms with Gasteiger partial charge in [-0.3, -0.25) is 4.90 Å². The second-order valence-electron chi connectivity index (χ2n) is 5.06. The van der Waals surface area contributed by atoms with Crippen LogP contribution in [0.4, 0.5) is 0 Å². The van der Waals surface area contributed by atoms with E-state index in [1.165, 1.54) is 0 Å². The summed E-state index contributed by atoms with van der Waals surface area (Å²) >= 11 is 0. The molecule has 0 bridgehead atoms. The highest BCUT2D eigenvalue weighted by atomic mass is 16.3. The van der Waals surface area contributed by atoms with Crippen molar-refractivity contribution in [1.82, 2.24) is 4.90 Å². The molecule has 0 aromatic heterocycles. The fraction of sp³-hybridized carbons (Fsp3) is 1.00. The highest BCUT2D eigenvalue weighted by Crippen LogP contribution is 2.31. The summed E-state index contributed by atoms with van der Waals surface area (Å²) in [5.41, 5.74) is 0.475. The lowest BCUT2D eigenvalue weighted by Crippen LogP contribution is -2.59. The van der Waals surface area contributed by atoms with Gasteiger partial charge in [-0.15, -0.1) is 0 Å². The van der Waals surface area contributed by atoms with Crippen LogP contribution >= 0.6 is 0 Å². The number of hydrogen-bond acceptors (Lipinski definition) is 2. The fourth-order valence-corrected chi connectivity index (χ4v) is 2.04. The standard InChI is InChI=1S/C10H21NO/c1-8(2)9(5-12)11-6-10(3,4)7-11/h8-9,12H,5-7H2,1-4H3/t9-/m0/s1. The minimum atomic E-state index is 0.299. The van der Waals surface area contributed by atoms with E-state index in [1.54, 1.807) is 0 Å². The molecule has 1 saturated heterocycles. The van der Waals surface area contributed by atoms with Crippen LogP contribution in [-0.4, -0.2) is 35.7 Å². The van der Waals surface area contributed by atoms with Crippen LogP contribution in [-0.2, 0) is 0 Å². The Balaban J connectivity index is 2.39. The van der Waals surface area contributed by atoms with E-state index in [1.807, 2.05) is 0 Å². The topological polar surface area (TPSA) is 23.5 Å². The lowest BCUT2D eigenvalue weighted by Gasteiger charge is -2.50. The summed E-state index contributed by atoms with van der Waals surface area (Å²) in [5.74, 6) is 0.561. The first-order valence-corrected chi connectivity index (χ1v) is 4.81. The van der Waals surface area contributed by atoms with Crippen molar-refractivity contribution in [1.29, 1.82) is 0 Å². The molecule has 0 radical (unpaired) electrons. The fourth-order valence-electron chi connectivity index (χ4n) is 2.04. The van der Waals surface area contributed by atoms with E-state index in [4.69, 9.17) is 5.11 Å². The van der Waals surface area contributed by atoms with Gasteiger partial charge in [-0.25, -0.2) is 0 Å². The molecule has 0 unspecified atom stereocenters. The molecule has 2 heteroatoms. The van der Waals surface area contributed by atoms with Gasteiger partial charge in [0.25, 0.3) is 0 Å². The molecular formula is C10H21NO. The van der Waals surface area contributed by atoms with Crippen LogP contribution in [0, 0.1) is 11.3 Å². The van der Waals surface area contributed by atoms with Crippen molar-refractivity contribution in [2.75, 3.05) is 19.7 Å². The first-order valence-electron chi connectivity index (χ1n) is 4.81. The normalized spacial score (nSPS) is 25.5. The Morgan fingerprint density at radius 3 is 2.08 bits per heavy atom. The molecule has 0 spiro atoms. The summed E-state index contributed by atoms with van der Waals surface area (Å²) in [6.07, 6.45) is 0. The average Bonchev–Trinajstić information content (AvgIpc) is 1.84. The predicted octanol–water partition coefficient (Wildman–Crippen LogP) is 1.35. The van der Waals surface area contributed by atoms with Crippen molar-refractivity contribution < 1.29 is 5.11 Å². The first kappa shape index (κ1) is 10.0. The monoisotopic (exact) mass is 171 g/mol. The third-order valence-electron chi connectivity index (χ3n) is 2.69. The number of nitrogens with zero attached hydrogens (tertiary/aromatic N) is 1. The smallest absolute Gasteiger partial charge is 0.0589 e. The highest BCUT2D eigenvalue weighted by molar-refractivity contribution is 4.92. The molecule has 1 atom stereocenters. The molecule has 0 saturated carbocycles. The van der Waals surface area contributed by atoms with Crippen molar-refractivity contribution in [2.24, 2.45) is 11.3 Å². The van der Waals surface area contributed by atoms with Crippen LogP contribution in [0.5, 0.6) is 0 Å². The molecular weight excluding hydrogens is 150 g/mol. The molecule has 0 aromatic carbocycles. The number of rotatable bonds is 3. The number of aliphatic hydroxyl groups excluding tert-OH is 1. The van der Waals surface area contributed by atoms with E-state index >= 15 is 0 Å². The second-order valence-corrected chi connectivity index (χ2v) is 5.06. The van der Waals surface area contributed by atoms with Gasteiger partial charge in [0.1, 0.15) is 0 Å². The number of aliphatic hydroxyl groups is 1. The van der Waals surface area contributed by atoms with Crippen LogP contribution in [0.15, 0.2) is 0 Å². The maximum absolute atomic E-state index is 9.16. The van der Waals surface area contributed by atoms with E-state index in [0.717, 1.165) is 13.1 Å². The zero-order valence-corrected chi connectivity index (χ0v) is 8.67. The predicted molar refractivity (Wildman–Crippen MR) is 51.1 cm³/mol. The van der Waals surface area contributed by atoms with Crippen molar-refractivity contribution in [3.05, 3.63) is 0 Å². The van der Waals surface area contributed by atoms with Crippen molar-refractivity contribution in [2.45, 2.75) is 33.7 Å². The summed E-state index contributed by atoms with van der Waals surface area (Å²) in [6, 6.07) is 0.373. The van der Waals surface area contributed by atoms with Gasteiger partial charge in [0.15, 0.2) is 0 Å². The largest absolute Gasteiger partial charge is 0.395 e. The zero-order chi connectivity index (χ0) is 9.35. The van der Waals surface area contributed by atoms with E-state index in [2.05, 4.69) is 32.6 Å². The summed E-state index contributed by atoms with van der Waals surface area (Å²) in [4.78, 5) is 2.38. The molecule has 0 aromatic rings. The van der Waals surface area contributed by atoms with Crippen LogP contribution in [0.3, 0.4) is 0 Å². The minimum Gasteiger partial charge on any atom is -0.395 e. The molecule has 0 amide bonds. The molecule has 12 heavy (non-hydrogen) atoms. The summed E-state index contributed by atoms with van der Waals surface area (Å²) < 4.78 is 0. The maximum Gasteiger partial charge on any atom is 0.0589 e. The maximum atomic E-state index is 9.16. The molecule has 1 heterocycles. The molecule has 1 rings (SSSR count). The minimum absolute atomic E-state index is 0.299. The molecule has 1 aliphatic rings. The Bertz CT molecular complexity index is 146. The van der Waals surface area contributed by atoms with Gasteiger partial charge >= 0.3 is 0 Å². The molecule has 0 aliphatic carbocycles. The van der Waals surface area contributed by atoms with Crippen molar-refractivity contribution in [3.8, 4) is 0 Å². The van der Waals surface area contributed by atoms with E-state index in [0.29, 0.717) is 24.0 Å². The molecule has 72 valence electrons. The Morgan fingerprint density at radius 1 is 1.33 bits per heavy atom. The van der Waals surface area contributed by atoms with Gasteiger partial charge < -0.3 is 5.11 Å². The SMILES string of the molecule is CC(C)[C@H](CO)N1CC(C)(C)C1. The third-order valence-corrected chi connectivity index (χ3v) is 2.69. The Kier molecular flexibility index (Phi) is 2.79. The quantitative estimate of drug-likeness (QED) is 0.693. The second kappa shape index (κ2) is 3.35. The molecule has 2 nitrogen and oxygen atoms in total. The van der Waals surface area contributed by atoms with Gasteiger partial charge in [0, 0.05) is 19.1 Å². The van der Waals surface area contributed by atoms with Gasteiger partial charge in [-0.2, -0.15) is 0 Å². The van der Waals surface area contributed by atoms with Gasteiger partial charge in [-0.05, 0) is 11.3 Å². The Labute approximate surface area is 75.6 Å². The summed E-state index contributed by atoms with van der Waals surface area (Å²) in [6.45, 7) is 11.5. The molecule has 1 aliphatic heterocycles. The van der Waals surface area contributed by atoms with Crippen LogP contribution in [0.1, 0.15) is 27.7 Å². The van der Waals surface area contributed by atoms with Crippen LogP contribution < -0.4 is 0 Å². The van der Waals surface area contributed by atoms with Crippen molar-refractivity contribution >= 4 is 0 Å². The Morgan fingerprint density at radius 2 is 1.83 bits per heavy atom. The molecule has 1 N–H and O–H groups in total. The van der Waals surface area contributed by atoms with Crippen molar-refractivity contribution in [3.63, 3.8) is 0 Å². The van der Waals surface area contributed by atoms with Crippen LogP contribution in [0.2, 0.25) is 0 Å². The lowest BCUT2D eigenvalue weighted by atomic mass is 9.82. The average molecular weight is 171 g/mol. The van der Waals surface area contributed by atoms with Gasteiger partial charge in [0.2, 0.25) is 0 Å².